The minimum Gasteiger partial charge on any atom is -0.317 e. The van der Waals surface area contributed by atoms with Crippen molar-refractivity contribution in [3.05, 3.63) is 0 Å². The van der Waals surface area contributed by atoms with Crippen LogP contribution < -0.4 is 5.32 Å². The van der Waals surface area contributed by atoms with E-state index in [1.165, 1.54) is 17.7 Å². The van der Waals surface area contributed by atoms with Crippen molar-refractivity contribution >= 4 is 11.8 Å². The van der Waals surface area contributed by atoms with Gasteiger partial charge in [0.2, 0.25) is 11.8 Å². The Kier molecular flexibility index (Phi) is 4.93. The predicted molar refractivity (Wildman–Crippen MR) is 73.6 cm³/mol. The Morgan fingerprint density at radius 2 is 2.00 bits per heavy atom. The van der Waals surface area contributed by atoms with E-state index < -0.39 is 0 Å². The average molecular weight is 267 g/mol. The Morgan fingerprint density at radius 3 is 2.53 bits per heavy atom. The molecule has 1 atom stereocenters. The van der Waals surface area contributed by atoms with Crippen molar-refractivity contribution in [1.82, 2.24) is 15.1 Å². The number of piperidine rings is 1. The summed E-state index contributed by atoms with van der Waals surface area (Å²) in [5, 5.41) is 3.36. The van der Waals surface area contributed by atoms with Gasteiger partial charge < -0.3 is 5.32 Å². The zero-order chi connectivity index (χ0) is 13.8. The Labute approximate surface area is 115 Å². The minimum absolute atomic E-state index is 0.0209. The first kappa shape index (κ1) is 14.5. The van der Waals surface area contributed by atoms with Crippen LogP contribution in [0.2, 0.25) is 0 Å². The fourth-order valence-electron chi connectivity index (χ4n) is 3.08. The van der Waals surface area contributed by atoms with Gasteiger partial charge in [0.15, 0.2) is 0 Å². The van der Waals surface area contributed by atoms with Gasteiger partial charge in [0.1, 0.15) is 0 Å². The van der Waals surface area contributed by atoms with Crippen molar-refractivity contribution in [2.45, 2.75) is 38.6 Å². The van der Waals surface area contributed by atoms with Gasteiger partial charge in [0.05, 0.1) is 12.5 Å². The third kappa shape index (κ3) is 3.34. The van der Waals surface area contributed by atoms with Crippen LogP contribution in [0.3, 0.4) is 0 Å². The smallest absolute Gasteiger partial charge is 0.246 e. The number of hydrogen-bond acceptors (Lipinski definition) is 4. The monoisotopic (exact) mass is 267 g/mol. The number of carbonyl (C=O) groups excluding carboxylic acids is 2. The van der Waals surface area contributed by atoms with Crippen LogP contribution in [0, 0.1) is 5.92 Å². The molecule has 2 saturated heterocycles. The summed E-state index contributed by atoms with van der Waals surface area (Å²) in [7, 11) is 1.60. The van der Waals surface area contributed by atoms with E-state index in [9.17, 15) is 9.59 Å². The lowest BCUT2D eigenvalue weighted by atomic mass is 9.96. The lowest BCUT2D eigenvalue weighted by Gasteiger charge is -2.32. The molecule has 2 aliphatic heterocycles. The van der Waals surface area contributed by atoms with E-state index in [0.717, 1.165) is 32.6 Å². The number of imide groups is 1. The molecular formula is C14H25N3O2. The summed E-state index contributed by atoms with van der Waals surface area (Å²) in [6.45, 7) is 6.12. The predicted octanol–water partition coefficient (Wildman–Crippen LogP) is 0.455. The van der Waals surface area contributed by atoms with Crippen LogP contribution in [0.5, 0.6) is 0 Å². The van der Waals surface area contributed by atoms with Gasteiger partial charge in [0.25, 0.3) is 0 Å². The molecule has 0 bridgehead atoms. The van der Waals surface area contributed by atoms with Gasteiger partial charge >= 0.3 is 0 Å². The summed E-state index contributed by atoms with van der Waals surface area (Å²) in [5.74, 6) is 0.593. The number of hydrogen-bond donors (Lipinski definition) is 1. The van der Waals surface area contributed by atoms with Crippen molar-refractivity contribution in [2.24, 2.45) is 5.92 Å². The highest BCUT2D eigenvalue weighted by Crippen LogP contribution is 2.21. The van der Waals surface area contributed by atoms with Crippen LogP contribution >= 0.6 is 0 Å². The second kappa shape index (κ2) is 6.48. The van der Waals surface area contributed by atoms with Gasteiger partial charge in [0, 0.05) is 13.6 Å². The molecule has 2 heterocycles. The zero-order valence-corrected chi connectivity index (χ0v) is 12.0. The molecule has 0 aliphatic carbocycles. The Bertz CT molecular complexity index is 340. The van der Waals surface area contributed by atoms with E-state index in [1.807, 2.05) is 0 Å². The summed E-state index contributed by atoms with van der Waals surface area (Å²) in [6, 6.07) is -0.215. The molecule has 2 fully saturated rings. The number of amides is 2. The van der Waals surface area contributed by atoms with Gasteiger partial charge in [-0.05, 0) is 44.8 Å². The molecule has 5 nitrogen and oxygen atoms in total. The maximum atomic E-state index is 12.1. The van der Waals surface area contributed by atoms with E-state index in [1.54, 1.807) is 7.05 Å². The van der Waals surface area contributed by atoms with E-state index in [0.29, 0.717) is 12.3 Å². The first-order chi connectivity index (χ1) is 9.13. The fraction of sp³-hybridized carbons (Fsp3) is 0.857. The molecular weight excluding hydrogens is 242 g/mol. The van der Waals surface area contributed by atoms with Crippen LogP contribution in [0.4, 0.5) is 0 Å². The third-order valence-electron chi connectivity index (χ3n) is 4.26. The second-order valence-corrected chi connectivity index (χ2v) is 5.70. The molecule has 0 spiro atoms. The summed E-state index contributed by atoms with van der Waals surface area (Å²) in [4.78, 5) is 27.3. The molecule has 5 heteroatoms. The van der Waals surface area contributed by atoms with Crippen LogP contribution in [-0.4, -0.2) is 60.9 Å². The van der Waals surface area contributed by atoms with Crippen molar-refractivity contribution < 1.29 is 9.59 Å². The first-order valence-corrected chi connectivity index (χ1v) is 7.38. The molecule has 0 aromatic rings. The highest BCUT2D eigenvalue weighted by Gasteiger charge is 2.40. The molecule has 0 aromatic carbocycles. The van der Waals surface area contributed by atoms with Crippen LogP contribution in [0.15, 0.2) is 0 Å². The van der Waals surface area contributed by atoms with E-state index in [2.05, 4.69) is 17.1 Å². The molecule has 0 saturated carbocycles. The second-order valence-electron chi connectivity index (χ2n) is 5.70. The lowest BCUT2D eigenvalue weighted by molar-refractivity contribution is -0.138. The molecule has 19 heavy (non-hydrogen) atoms. The van der Waals surface area contributed by atoms with Gasteiger partial charge in [-0.3, -0.25) is 19.4 Å². The molecule has 2 aliphatic rings. The SMILES string of the molecule is CCCN(CC1CCNCC1)C1CC(=O)N(C)C1=O. The highest BCUT2D eigenvalue weighted by molar-refractivity contribution is 6.05. The Morgan fingerprint density at radius 1 is 1.32 bits per heavy atom. The standard InChI is InChI=1S/C14H25N3O2/c1-3-8-17(10-11-4-6-15-7-5-11)12-9-13(18)16(2)14(12)19/h11-12,15H,3-10H2,1-2H3. The number of nitrogens with zero attached hydrogens (tertiary/aromatic N) is 2. The van der Waals surface area contributed by atoms with Crippen molar-refractivity contribution in [2.75, 3.05) is 33.2 Å². The zero-order valence-electron chi connectivity index (χ0n) is 12.0. The Hall–Kier alpha value is -0.940. The maximum absolute atomic E-state index is 12.1. The van der Waals surface area contributed by atoms with Gasteiger partial charge in [-0.25, -0.2) is 0 Å². The Balaban J connectivity index is 1.98. The summed E-state index contributed by atoms with van der Waals surface area (Å²) < 4.78 is 0. The number of nitrogens with one attached hydrogen (secondary N) is 1. The minimum atomic E-state index is -0.215. The first-order valence-electron chi connectivity index (χ1n) is 7.38. The van der Waals surface area contributed by atoms with Gasteiger partial charge in [-0.15, -0.1) is 0 Å². The number of carbonyl (C=O) groups is 2. The van der Waals surface area contributed by atoms with Crippen molar-refractivity contribution in [1.29, 1.82) is 0 Å². The quantitative estimate of drug-likeness (QED) is 0.735. The van der Waals surface area contributed by atoms with Gasteiger partial charge in [-0.2, -0.15) is 0 Å². The summed E-state index contributed by atoms with van der Waals surface area (Å²) in [6.07, 6.45) is 3.72. The highest BCUT2D eigenvalue weighted by atomic mass is 16.2. The van der Waals surface area contributed by atoms with Gasteiger partial charge in [-0.1, -0.05) is 6.92 Å². The fourth-order valence-corrected chi connectivity index (χ4v) is 3.08. The topological polar surface area (TPSA) is 52.7 Å². The molecule has 1 N–H and O–H groups in total. The normalized spacial score (nSPS) is 25.6. The van der Waals surface area contributed by atoms with Crippen LogP contribution in [0.1, 0.15) is 32.6 Å². The molecule has 0 aromatic heterocycles. The lowest BCUT2D eigenvalue weighted by Crippen LogP contribution is -2.45. The molecule has 1 unspecified atom stereocenters. The molecule has 2 amide bonds. The maximum Gasteiger partial charge on any atom is 0.246 e. The van der Waals surface area contributed by atoms with E-state index in [-0.39, 0.29) is 17.9 Å². The van der Waals surface area contributed by atoms with E-state index >= 15 is 0 Å². The molecule has 2 rings (SSSR count). The molecule has 0 radical (unpaired) electrons. The third-order valence-corrected chi connectivity index (χ3v) is 4.26. The average Bonchev–Trinajstić information content (AvgIpc) is 2.67. The van der Waals surface area contributed by atoms with Crippen molar-refractivity contribution in [3.8, 4) is 0 Å². The van der Waals surface area contributed by atoms with Crippen molar-refractivity contribution in [3.63, 3.8) is 0 Å². The largest absolute Gasteiger partial charge is 0.317 e. The van der Waals surface area contributed by atoms with Crippen LogP contribution in [0.25, 0.3) is 0 Å². The number of rotatable bonds is 5. The molecule has 108 valence electrons. The summed E-state index contributed by atoms with van der Waals surface area (Å²) in [5.41, 5.74) is 0. The summed E-state index contributed by atoms with van der Waals surface area (Å²) >= 11 is 0. The van der Waals surface area contributed by atoms with Crippen LogP contribution in [-0.2, 0) is 9.59 Å². The number of likely N-dealkylation sites (tertiary alicyclic amines) is 1. The van der Waals surface area contributed by atoms with E-state index in [4.69, 9.17) is 0 Å². The number of likely N-dealkylation sites (N-methyl/N-ethyl adjacent to an activating group) is 1.